The molecule has 0 heterocycles. The molecular formula is C16H27AlO2. The molecule has 0 saturated carbocycles. The van der Waals surface area contributed by atoms with Crippen LogP contribution in [0.2, 0.25) is 10.6 Å². The molecule has 0 aliphatic rings. The summed E-state index contributed by atoms with van der Waals surface area (Å²) in [5, 5.41) is 2.51. The fraction of sp³-hybridized carbons (Fsp3) is 0.625. The summed E-state index contributed by atoms with van der Waals surface area (Å²) in [6.45, 7) is 6.67. The number of benzene rings is 1. The summed E-state index contributed by atoms with van der Waals surface area (Å²) in [5.41, 5.74) is 0. The second-order valence-corrected chi connectivity index (χ2v) is 7.66. The van der Waals surface area contributed by atoms with Gasteiger partial charge in [-0.3, -0.25) is 0 Å². The van der Waals surface area contributed by atoms with Crippen molar-refractivity contribution in [1.82, 2.24) is 0 Å². The van der Waals surface area contributed by atoms with Crippen molar-refractivity contribution in [2.45, 2.75) is 63.3 Å². The Hall–Kier alpha value is -0.488. The fourth-order valence-electron chi connectivity index (χ4n) is 2.18. The van der Waals surface area contributed by atoms with Crippen LogP contribution in [0.25, 0.3) is 0 Å². The fourth-order valence-corrected chi connectivity index (χ4v) is 4.65. The van der Waals surface area contributed by atoms with Crippen LogP contribution in [0.5, 0.6) is 5.75 Å². The molecular weight excluding hydrogens is 251 g/mol. The smallest absolute Gasteiger partial charge is 0.463 e. The zero-order chi connectivity index (χ0) is 13.9. The molecule has 0 bridgehead atoms. The van der Waals surface area contributed by atoms with Crippen LogP contribution in [-0.2, 0) is 3.79 Å². The molecule has 0 saturated heterocycles. The standard InChI is InChI=1S/C10H13O2.2C3H7.Al/c1-2-6-10(11)12-9-7-4-3-5-8-9;2*1-3-2;/h3-5,7-8,10H,2,6H2,1H3;2*1,3H2,2H3;/q-1;;;+1. The predicted octanol–water partition coefficient (Wildman–Crippen LogP) is 5.02. The second kappa shape index (κ2) is 10.3. The lowest BCUT2D eigenvalue weighted by Crippen LogP contribution is -2.29. The molecule has 0 aliphatic carbocycles. The molecule has 1 aromatic rings. The van der Waals surface area contributed by atoms with Crippen molar-refractivity contribution >= 4 is 14.5 Å². The second-order valence-electron chi connectivity index (χ2n) is 4.98. The number of para-hydroxylation sites is 1. The Balaban J connectivity index is 2.55. The van der Waals surface area contributed by atoms with Crippen molar-refractivity contribution in [3.05, 3.63) is 30.3 Å². The molecule has 3 heteroatoms. The molecule has 0 spiro atoms. The Kier molecular flexibility index (Phi) is 9.00. The molecule has 1 rings (SSSR count). The molecule has 106 valence electrons. The molecule has 1 aromatic carbocycles. The zero-order valence-electron chi connectivity index (χ0n) is 12.6. The summed E-state index contributed by atoms with van der Waals surface area (Å²) in [4.78, 5) is 0. The van der Waals surface area contributed by atoms with Crippen molar-refractivity contribution < 1.29 is 8.53 Å². The van der Waals surface area contributed by atoms with E-state index in [-0.39, 0.29) is 6.29 Å². The normalized spacial score (nSPS) is 12.2. The molecule has 0 fully saturated rings. The minimum Gasteiger partial charge on any atom is -0.469 e. The highest BCUT2D eigenvalue weighted by atomic mass is 27.2. The van der Waals surface area contributed by atoms with Gasteiger partial charge in [-0.1, -0.05) is 68.8 Å². The molecule has 0 radical (unpaired) electrons. The monoisotopic (exact) mass is 278 g/mol. The van der Waals surface area contributed by atoms with Crippen LogP contribution >= 0.6 is 0 Å². The number of hydrogen-bond donors (Lipinski definition) is 0. The van der Waals surface area contributed by atoms with E-state index in [1.165, 1.54) is 23.4 Å². The number of ether oxygens (including phenoxy) is 1. The first-order valence-corrected chi connectivity index (χ1v) is 9.77. The summed E-state index contributed by atoms with van der Waals surface area (Å²) in [6, 6.07) is 10.0. The average molecular weight is 278 g/mol. The van der Waals surface area contributed by atoms with Crippen molar-refractivity contribution in [3.63, 3.8) is 0 Å². The van der Waals surface area contributed by atoms with E-state index in [1.54, 1.807) is 0 Å². The maximum Gasteiger partial charge on any atom is 0.463 e. The summed E-state index contributed by atoms with van der Waals surface area (Å²) < 4.78 is 12.3. The highest BCUT2D eigenvalue weighted by Gasteiger charge is 2.23. The van der Waals surface area contributed by atoms with Gasteiger partial charge in [-0.15, -0.1) is 0 Å². The molecule has 0 aliphatic heterocycles. The van der Waals surface area contributed by atoms with E-state index in [0.29, 0.717) is 0 Å². The van der Waals surface area contributed by atoms with Crippen molar-refractivity contribution in [2.75, 3.05) is 0 Å². The lowest BCUT2D eigenvalue weighted by Gasteiger charge is -2.23. The first-order chi connectivity index (χ1) is 9.30. The summed E-state index contributed by atoms with van der Waals surface area (Å²) in [7, 11) is 0. The molecule has 0 N–H and O–H groups in total. The van der Waals surface area contributed by atoms with Gasteiger partial charge in [-0.05, 0) is 12.1 Å². The SMILES string of the molecule is CCCC(Oc1ccccc1)[O][Al]([CH2]CC)[CH2]CC. The Labute approximate surface area is 122 Å². The quantitative estimate of drug-likeness (QED) is 0.442. The van der Waals surface area contributed by atoms with Crippen LogP contribution in [0.4, 0.5) is 0 Å². The van der Waals surface area contributed by atoms with Gasteiger partial charge in [0.25, 0.3) is 0 Å². The van der Waals surface area contributed by atoms with E-state index >= 15 is 0 Å². The van der Waals surface area contributed by atoms with Gasteiger partial charge in [-0.2, -0.15) is 0 Å². The molecule has 0 amide bonds. The van der Waals surface area contributed by atoms with Crippen LogP contribution in [0.15, 0.2) is 30.3 Å². The highest BCUT2D eigenvalue weighted by Crippen LogP contribution is 2.18. The maximum absolute atomic E-state index is 6.29. The van der Waals surface area contributed by atoms with Gasteiger partial charge < -0.3 is 8.53 Å². The van der Waals surface area contributed by atoms with Crippen LogP contribution in [0.3, 0.4) is 0 Å². The van der Waals surface area contributed by atoms with Crippen molar-refractivity contribution in [2.24, 2.45) is 0 Å². The van der Waals surface area contributed by atoms with E-state index in [9.17, 15) is 0 Å². The van der Waals surface area contributed by atoms with Gasteiger partial charge in [0.05, 0.1) is 0 Å². The van der Waals surface area contributed by atoms with Gasteiger partial charge in [0, 0.05) is 6.42 Å². The third-order valence-electron chi connectivity index (χ3n) is 3.10. The first kappa shape index (κ1) is 16.6. The van der Waals surface area contributed by atoms with E-state index < -0.39 is 14.5 Å². The predicted molar refractivity (Wildman–Crippen MR) is 82.8 cm³/mol. The lowest BCUT2D eigenvalue weighted by atomic mass is 10.3. The van der Waals surface area contributed by atoms with Gasteiger partial charge in [0.15, 0.2) is 6.29 Å². The minimum atomic E-state index is -1.09. The highest BCUT2D eigenvalue weighted by molar-refractivity contribution is 6.51. The van der Waals surface area contributed by atoms with Crippen molar-refractivity contribution in [3.8, 4) is 5.75 Å². The van der Waals surface area contributed by atoms with Crippen LogP contribution < -0.4 is 4.74 Å². The molecule has 1 atom stereocenters. The third-order valence-corrected chi connectivity index (χ3v) is 6.23. The molecule has 2 nitrogen and oxygen atoms in total. The van der Waals surface area contributed by atoms with E-state index in [0.717, 1.165) is 18.6 Å². The van der Waals surface area contributed by atoms with Gasteiger partial charge in [0.1, 0.15) is 5.75 Å². The van der Waals surface area contributed by atoms with E-state index in [4.69, 9.17) is 8.53 Å². The van der Waals surface area contributed by atoms with Crippen molar-refractivity contribution in [1.29, 1.82) is 0 Å². The third kappa shape index (κ3) is 7.01. The summed E-state index contributed by atoms with van der Waals surface area (Å²) in [5.74, 6) is 0.918. The topological polar surface area (TPSA) is 18.5 Å². The number of rotatable bonds is 10. The molecule has 0 aromatic heterocycles. The van der Waals surface area contributed by atoms with Crippen LogP contribution in [0, 0.1) is 0 Å². The Morgan fingerprint density at radius 2 is 1.58 bits per heavy atom. The Morgan fingerprint density at radius 1 is 0.947 bits per heavy atom. The number of hydrogen-bond acceptors (Lipinski definition) is 2. The Bertz CT molecular complexity index is 310. The van der Waals surface area contributed by atoms with Crippen LogP contribution in [-0.4, -0.2) is 20.8 Å². The van der Waals surface area contributed by atoms with Gasteiger partial charge >= 0.3 is 14.5 Å². The van der Waals surface area contributed by atoms with E-state index in [1.807, 2.05) is 30.3 Å². The largest absolute Gasteiger partial charge is 0.469 e. The maximum atomic E-state index is 6.29. The summed E-state index contributed by atoms with van der Waals surface area (Å²) in [6.07, 6.45) is 4.47. The van der Waals surface area contributed by atoms with Crippen LogP contribution in [0.1, 0.15) is 46.5 Å². The van der Waals surface area contributed by atoms with Gasteiger partial charge in [0.2, 0.25) is 0 Å². The lowest BCUT2D eigenvalue weighted by molar-refractivity contribution is -0.00455. The van der Waals surface area contributed by atoms with E-state index in [2.05, 4.69) is 20.8 Å². The summed E-state index contributed by atoms with van der Waals surface area (Å²) >= 11 is -1.09. The van der Waals surface area contributed by atoms with Gasteiger partial charge in [-0.25, -0.2) is 0 Å². The minimum absolute atomic E-state index is 0.0535. The molecule has 19 heavy (non-hydrogen) atoms. The molecule has 1 unspecified atom stereocenters. The average Bonchev–Trinajstić information content (AvgIpc) is 2.41. The Morgan fingerprint density at radius 3 is 2.11 bits per heavy atom. The zero-order valence-corrected chi connectivity index (χ0v) is 13.8. The first-order valence-electron chi connectivity index (χ1n) is 7.67.